The molecule has 28 heavy (non-hydrogen) atoms. The van der Waals surface area contributed by atoms with Gasteiger partial charge in [0.05, 0.1) is 26.7 Å². The molecule has 0 heterocycles. The Hall–Kier alpha value is -2.73. The van der Waals surface area contributed by atoms with Gasteiger partial charge in [-0.1, -0.05) is 18.2 Å². The Morgan fingerprint density at radius 2 is 1.61 bits per heavy atom. The second-order valence-corrected chi connectivity index (χ2v) is 7.14. The molecule has 0 aliphatic carbocycles. The van der Waals surface area contributed by atoms with Crippen molar-refractivity contribution < 1.29 is 14.3 Å². The maximum atomic E-state index is 12.5. The average molecular weight is 386 g/mol. The van der Waals surface area contributed by atoms with Gasteiger partial charge < -0.3 is 24.6 Å². The molecule has 0 aromatic heterocycles. The molecule has 0 saturated heterocycles. The third kappa shape index (κ3) is 5.63. The van der Waals surface area contributed by atoms with Crippen molar-refractivity contribution in [2.45, 2.75) is 12.5 Å². The predicted molar refractivity (Wildman–Crippen MR) is 113 cm³/mol. The molecule has 6 heteroatoms. The van der Waals surface area contributed by atoms with Crippen LogP contribution in [0.4, 0.5) is 5.69 Å². The highest BCUT2D eigenvalue weighted by Crippen LogP contribution is 2.27. The molecule has 2 rings (SSSR count). The Balaban J connectivity index is 2.00. The fourth-order valence-corrected chi connectivity index (χ4v) is 3.04. The maximum Gasteiger partial charge on any atom is 0.224 e. The number of anilines is 1. The number of carbonyl (C=O) groups excluding carboxylic acids is 1. The second-order valence-electron chi connectivity index (χ2n) is 7.14. The van der Waals surface area contributed by atoms with Gasteiger partial charge in [-0.15, -0.1) is 0 Å². The molecule has 0 unspecified atom stereocenters. The number of hydrogen-bond acceptors (Lipinski definition) is 5. The number of rotatable bonds is 9. The van der Waals surface area contributed by atoms with E-state index in [1.807, 2.05) is 46.4 Å². The first-order valence-corrected chi connectivity index (χ1v) is 9.27. The minimum absolute atomic E-state index is 0.0241. The first-order valence-electron chi connectivity index (χ1n) is 9.27. The monoisotopic (exact) mass is 385 g/mol. The van der Waals surface area contributed by atoms with E-state index in [1.165, 1.54) is 5.56 Å². The Morgan fingerprint density at radius 3 is 2.14 bits per heavy atom. The lowest BCUT2D eigenvalue weighted by molar-refractivity contribution is -0.120. The average Bonchev–Trinajstić information content (AvgIpc) is 2.68. The summed E-state index contributed by atoms with van der Waals surface area (Å²) in [5.74, 6) is 1.25. The molecule has 0 bridgehead atoms. The fraction of sp³-hybridized carbons (Fsp3) is 0.409. The molecule has 6 nitrogen and oxygen atoms in total. The minimum Gasteiger partial charge on any atom is -0.493 e. The number of likely N-dealkylation sites (N-methyl/N-ethyl adjacent to an activating group) is 1. The van der Waals surface area contributed by atoms with Crippen LogP contribution in [0.1, 0.15) is 17.2 Å². The topological polar surface area (TPSA) is 54.0 Å². The molecule has 152 valence electrons. The van der Waals surface area contributed by atoms with Crippen LogP contribution >= 0.6 is 0 Å². The molecule has 1 atom stereocenters. The summed E-state index contributed by atoms with van der Waals surface area (Å²) >= 11 is 0. The number of nitrogens with zero attached hydrogens (tertiary/aromatic N) is 2. The van der Waals surface area contributed by atoms with Gasteiger partial charge in [-0.3, -0.25) is 4.79 Å². The van der Waals surface area contributed by atoms with Crippen LogP contribution in [0, 0.1) is 0 Å². The summed E-state index contributed by atoms with van der Waals surface area (Å²) in [4.78, 5) is 16.6. The maximum absolute atomic E-state index is 12.5. The van der Waals surface area contributed by atoms with E-state index in [-0.39, 0.29) is 11.9 Å². The summed E-state index contributed by atoms with van der Waals surface area (Å²) in [7, 11) is 11.3. The lowest BCUT2D eigenvalue weighted by atomic mass is 10.0. The van der Waals surface area contributed by atoms with Crippen molar-refractivity contribution >= 4 is 11.6 Å². The Kier molecular flexibility index (Phi) is 7.70. The smallest absolute Gasteiger partial charge is 0.224 e. The Labute approximate surface area is 168 Å². The minimum atomic E-state index is -0.0241. The van der Waals surface area contributed by atoms with Gasteiger partial charge in [-0.05, 0) is 49.5 Å². The van der Waals surface area contributed by atoms with Crippen molar-refractivity contribution in [2.75, 3.05) is 53.9 Å². The molecular weight excluding hydrogens is 354 g/mol. The fourth-order valence-electron chi connectivity index (χ4n) is 3.04. The van der Waals surface area contributed by atoms with E-state index in [0.717, 1.165) is 11.3 Å². The van der Waals surface area contributed by atoms with E-state index in [2.05, 4.69) is 39.4 Å². The molecule has 0 aliphatic rings. The van der Waals surface area contributed by atoms with Crippen LogP contribution in [0.2, 0.25) is 0 Å². The molecule has 0 saturated carbocycles. The zero-order chi connectivity index (χ0) is 20.7. The molecule has 0 spiro atoms. The standard InChI is InChI=1S/C22H31N3O3/c1-24(2)18-10-8-17(9-11-18)19(25(3)4)15-23-22(26)14-16-7-12-20(27-5)21(13-16)28-6/h7-13,19H,14-15H2,1-6H3,(H,23,26)/t19-/m0/s1. The number of methoxy groups -OCH3 is 2. The molecule has 1 amide bonds. The molecule has 0 radical (unpaired) electrons. The van der Waals surface area contributed by atoms with Crippen molar-refractivity contribution in [3.63, 3.8) is 0 Å². The number of nitrogens with one attached hydrogen (secondary N) is 1. The first-order chi connectivity index (χ1) is 13.3. The third-order valence-electron chi connectivity index (χ3n) is 4.72. The Morgan fingerprint density at radius 1 is 0.964 bits per heavy atom. The highest BCUT2D eigenvalue weighted by molar-refractivity contribution is 5.78. The normalized spacial score (nSPS) is 11.8. The number of hydrogen-bond donors (Lipinski definition) is 1. The van der Waals surface area contributed by atoms with Gasteiger partial charge in [0.2, 0.25) is 5.91 Å². The van der Waals surface area contributed by atoms with Gasteiger partial charge in [0, 0.05) is 26.3 Å². The summed E-state index contributed by atoms with van der Waals surface area (Å²) in [6.07, 6.45) is 0.292. The molecule has 2 aromatic rings. The van der Waals surface area contributed by atoms with Crippen LogP contribution in [0.25, 0.3) is 0 Å². The number of carbonyl (C=O) groups is 1. The summed E-state index contributed by atoms with van der Waals surface area (Å²) in [6, 6.07) is 14.0. The summed E-state index contributed by atoms with van der Waals surface area (Å²) < 4.78 is 10.5. The largest absolute Gasteiger partial charge is 0.493 e. The van der Waals surface area contributed by atoms with Crippen LogP contribution in [0.5, 0.6) is 11.5 Å². The summed E-state index contributed by atoms with van der Waals surface area (Å²) in [6.45, 7) is 0.542. The summed E-state index contributed by atoms with van der Waals surface area (Å²) in [5.41, 5.74) is 3.20. The quantitative estimate of drug-likeness (QED) is 0.719. The van der Waals surface area contributed by atoms with Gasteiger partial charge in [0.1, 0.15) is 0 Å². The highest BCUT2D eigenvalue weighted by Gasteiger charge is 2.16. The van der Waals surface area contributed by atoms with Gasteiger partial charge in [0.25, 0.3) is 0 Å². The van der Waals surface area contributed by atoms with Crippen LogP contribution in [-0.2, 0) is 11.2 Å². The van der Waals surface area contributed by atoms with Gasteiger partial charge >= 0.3 is 0 Å². The molecule has 0 aliphatic heterocycles. The lowest BCUT2D eigenvalue weighted by Crippen LogP contribution is -2.35. The van der Waals surface area contributed by atoms with Gasteiger partial charge in [-0.25, -0.2) is 0 Å². The lowest BCUT2D eigenvalue weighted by Gasteiger charge is -2.26. The van der Waals surface area contributed by atoms with Gasteiger partial charge in [0.15, 0.2) is 11.5 Å². The van der Waals surface area contributed by atoms with Crippen LogP contribution in [0.3, 0.4) is 0 Å². The van der Waals surface area contributed by atoms with Crippen molar-refractivity contribution in [1.29, 1.82) is 0 Å². The zero-order valence-electron chi connectivity index (χ0n) is 17.7. The third-order valence-corrected chi connectivity index (χ3v) is 4.72. The van der Waals surface area contributed by atoms with Crippen LogP contribution in [-0.4, -0.2) is 59.8 Å². The first kappa shape index (κ1) is 21.6. The van der Waals surface area contributed by atoms with Crippen molar-refractivity contribution in [2.24, 2.45) is 0 Å². The van der Waals surface area contributed by atoms with E-state index in [4.69, 9.17) is 9.47 Å². The molecule has 2 aromatic carbocycles. The van der Waals surface area contributed by atoms with Gasteiger partial charge in [-0.2, -0.15) is 0 Å². The van der Waals surface area contributed by atoms with Crippen molar-refractivity contribution in [1.82, 2.24) is 10.2 Å². The van der Waals surface area contributed by atoms with E-state index >= 15 is 0 Å². The van der Waals surface area contributed by atoms with Crippen molar-refractivity contribution in [3.8, 4) is 11.5 Å². The number of ether oxygens (including phenoxy) is 2. The summed E-state index contributed by atoms with van der Waals surface area (Å²) in [5, 5.41) is 3.05. The molecular formula is C22H31N3O3. The van der Waals surface area contributed by atoms with Crippen molar-refractivity contribution in [3.05, 3.63) is 53.6 Å². The van der Waals surface area contributed by atoms with E-state index in [0.29, 0.717) is 24.5 Å². The van der Waals surface area contributed by atoms with E-state index < -0.39 is 0 Å². The number of amides is 1. The van der Waals surface area contributed by atoms with Crippen LogP contribution in [0.15, 0.2) is 42.5 Å². The van der Waals surface area contributed by atoms with Crippen LogP contribution < -0.4 is 19.7 Å². The second kappa shape index (κ2) is 9.99. The molecule has 1 N–H and O–H groups in total. The highest BCUT2D eigenvalue weighted by atomic mass is 16.5. The zero-order valence-corrected chi connectivity index (χ0v) is 17.7. The molecule has 0 fully saturated rings. The van der Waals surface area contributed by atoms with E-state index in [9.17, 15) is 4.79 Å². The van der Waals surface area contributed by atoms with E-state index in [1.54, 1.807) is 14.2 Å². The SMILES string of the molecule is COc1ccc(CC(=O)NC[C@@H](c2ccc(N(C)C)cc2)N(C)C)cc1OC. The predicted octanol–water partition coefficient (Wildman–Crippen LogP) is 2.73. The number of benzene rings is 2. The Bertz CT molecular complexity index is 773.